The van der Waals surface area contributed by atoms with Crippen molar-refractivity contribution in [3.63, 3.8) is 0 Å². The van der Waals surface area contributed by atoms with Gasteiger partial charge in [-0.25, -0.2) is 0 Å². The molecule has 1 atom stereocenters. The Hall–Kier alpha value is -2.34. The molecule has 1 aliphatic heterocycles. The fourth-order valence-electron chi connectivity index (χ4n) is 3.07. The van der Waals surface area contributed by atoms with Gasteiger partial charge < -0.3 is 15.0 Å². The van der Waals surface area contributed by atoms with Crippen molar-refractivity contribution in [2.75, 3.05) is 16.8 Å². The first kappa shape index (κ1) is 19.4. The maximum absolute atomic E-state index is 12.6. The van der Waals surface area contributed by atoms with Gasteiger partial charge in [0.05, 0.1) is 17.7 Å². The highest BCUT2D eigenvalue weighted by Crippen LogP contribution is 2.29. The predicted molar refractivity (Wildman–Crippen MR) is 110 cm³/mol. The second-order valence-electron chi connectivity index (χ2n) is 7.04. The highest BCUT2D eigenvalue weighted by atomic mass is 79.9. The molecule has 0 bridgehead atoms. The van der Waals surface area contributed by atoms with E-state index < -0.39 is 0 Å². The minimum Gasteiger partial charge on any atom is -0.491 e. The summed E-state index contributed by atoms with van der Waals surface area (Å²) in [6, 6.07) is 13.1. The molecule has 1 saturated heterocycles. The molecule has 142 valence electrons. The third-order valence-corrected chi connectivity index (χ3v) is 5.05. The van der Waals surface area contributed by atoms with Gasteiger partial charge in [-0.3, -0.25) is 9.59 Å². The standard InChI is InChI=1S/C21H23BrN2O3/c1-13(2)27-17-7-5-16(6-8-17)24-12-15(11-20(24)25)21(26)23-19-9-4-14(3)10-18(19)22/h4-10,13,15H,11-12H2,1-3H3,(H,23,26)/t15-/m0/s1. The highest BCUT2D eigenvalue weighted by Gasteiger charge is 2.35. The minimum absolute atomic E-state index is 0.0457. The SMILES string of the molecule is Cc1ccc(NC(=O)[C@H]2CC(=O)N(c3ccc(OC(C)C)cc3)C2)c(Br)c1. The van der Waals surface area contributed by atoms with Gasteiger partial charge in [0, 0.05) is 23.1 Å². The fourth-order valence-corrected chi connectivity index (χ4v) is 3.66. The lowest BCUT2D eigenvalue weighted by molar-refractivity contribution is -0.122. The van der Waals surface area contributed by atoms with Crippen molar-refractivity contribution in [3.05, 3.63) is 52.5 Å². The van der Waals surface area contributed by atoms with Gasteiger partial charge in [0.2, 0.25) is 11.8 Å². The molecule has 5 nitrogen and oxygen atoms in total. The van der Waals surface area contributed by atoms with Crippen molar-refractivity contribution >= 4 is 39.1 Å². The summed E-state index contributed by atoms with van der Waals surface area (Å²) < 4.78 is 6.46. The van der Waals surface area contributed by atoms with Crippen molar-refractivity contribution in [3.8, 4) is 5.75 Å². The first-order valence-electron chi connectivity index (χ1n) is 8.97. The van der Waals surface area contributed by atoms with Crippen LogP contribution in [-0.4, -0.2) is 24.5 Å². The number of benzene rings is 2. The van der Waals surface area contributed by atoms with E-state index in [2.05, 4.69) is 21.2 Å². The van der Waals surface area contributed by atoms with E-state index in [-0.39, 0.29) is 30.3 Å². The third kappa shape index (κ3) is 4.69. The lowest BCUT2D eigenvalue weighted by atomic mass is 10.1. The van der Waals surface area contributed by atoms with E-state index in [0.717, 1.165) is 21.5 Å². The Morgan fingerprint density at radius 1 is 1.22 bits per heavy atom. The summed E-state index contributed by atoms with van der Waals surface area (Å²) in [5.41, 5.74) is 2.60. The van der Waals surface area contributed by atoms with Crippen LogP contribution in [0.2, 0.25) is 0 Å². The zero-order valence-electron chi connectivity index (χ0n) is 15.7. The van der Waals surface area contributed by atoms with E-state index >= 15 is 0 Å². The number of rotatable bonds is 5. The maximum atomic E-state index is 12.6. The molecule has 2 amide bonds. The highest BCUT2D eigenvalue weighted by molar-refractivity contribution is 9.10. The zero-order chi connectivity index (χ0) is 19.6. The quantitative estimate of drug-likeness (QED) is 0.757. The van der Waals surface area contributed by atoms with Crippen LogP contribution in [0.15, 0.2) is 46.9 Å². The fraction of sp³-hybridized carbons (Fsp3) is 0.333. The van der Waals surface area contributed by atoms with Crippen molar-refractivity contribution in [2.45, 2.75) is 33.3 Å². The van der Waals surface area contributed by atoms with Crippen LogP contribution in [0.4, 0.5) is 11.4 Å². The van der Waals surface area contributed by atoms with E-state index in [0.29, 0.717) is 12.2 Å². The van der Waals surface area contributed by atoms with Gasteiger partial charge >= 0.3 is 0 Å². The molecule has 3 rings (SSSR count). The zero-order valence-corrected chi connectivity index (χ0v) is 17.2. The normalized spacial score (nSPS) is 16.7. The molecule has 0 unspecified atom stereocenters. The average Bonchev–Trinajstić information content (AvgIpc) is 2.99. The summed E-state index contributed by atoms with van der Waals surface area (Å²) in [7, 11) is 0. The van der Waals surface area contributed by atoms with E-state index in [9.17, 15) is 9.59 Å². The molecule has 6 heteroatoms. The number of anilines is 2. The van der Waals surface area contributed by atoms with Crippen LogP contribution in [0.1, 0.15) is 25.8 Å². The lowest BCUT2D eigenvalue weighted by Gasteiger charge is -2.18. The summed E-state index contributed by atoms with van der Waals surface area (Å²) in [4.78, 5) is 26.7. The molecule has 0 saturated carbocycles. The van der Waals surface area contributed by atoms with Gasteiger partial charge in [-0.15, -0.1) is 0 Å². The molecule has 1 N–H and O–H groups in total. The summed E-state index contributed by atoms with van der Waals surface area (Å²) >= 11 is 3.46. The van der Waals surface area contributed by atoms with Crippen molar-refractivity contribution in [1.29, 1.82) is 0 Å². The summed E-state index contributed by atoms with van der Waals surface area (Å²) in [5.74, 6) is 0.196. The van der Waals surface area contributed by atoms with Crippen LogP contribution in [-0.2, 0) is 9.59 Å². The predicted octanol–water partition coefficient (Wildman–Crippen LogP) is 4.54. The number of nitrogens with one attached hydrogen (secondary N) is 1. The van der Waals surface area contributed by atoms with Crippen LogP contribution >= 0.6 is 15.9 Å². The molecular formula is C21H23BrN2O3. The van der Waals surface area contributed by atoms with Crippen LogP contribution < -0.4 is 15.0 Å². The Morgan fingerprint density at radius 2 is 1.93 bits per heavy atom. The molecule has 2 aromatic carbocycles. The van der Waals surface area contributed by atoms with E-state index in [1.807, 2.05) is 63.2 Å². The van der Waals surface area contributed by atoms with Crippen LogP contribution in [0.3, 0.4) is 0 Å². The van der Waals surface area contributed by atoms with Crippen molar-refractivity contribution < 1.29 is 14.3 Å². The molecule has 0 aliphatic carbocycles. The Balaban J connectivity index is 1.66. The van der Waals surface area contributed by atoms with Gasteiger partial charge in [-0.1, -0.05) is 6.07 Å². The Bertz CT molecular complexity index is 849. The number of nitrogens with zero attached hydrogens (tertiary/aromatic N) is 1. The number of aryl methyl sites for hydroxylation is 1. The van der Waals surface area contributed by atoms with Gasteiger partial charge in [-0.05, 0) is 78.7 Å². The first-order chi connectivity index (χ1) is 12.8. The maximum Gasteiger partial charge on any atom is 0.229 e. The number of amides is 2. The number of ether oxygens (including phenoxy) is 1. The minimum atomic E-state index is -0.378. The van der Waals surface area contributed by atoms with Gasteiger partial charge in [-0.2, -0.15) is 0 Å². The summed E-state index contributed by atoms with van der Waals surface area (Å²) in [5, 5.41) is 2.92. The molecule has 0 radical (unpaired) electrons. The van der Waals surface area contributed by atoms with Crippen molar-refractivity contribution in [2.24, 2.45) is 5.92 Å². The van der Waals surface area contributed by atoms with Crippen LogP contribution in [0.5, 0.6) is 5.75 Å². The number of carbonyl (C=O) groups excluding carboxylic acids is 2. The number of carbonyl (C=O) groups is 2. The largest absolute Gasteiger partial charge is 0.491 e. The van der Waals surface area contributed by atoms with Gasteiger partial charge in [0.25, 0.3) is 0 Å². The number of halogens is 1. The number of hydrogen-bond acceptors (Lipinski definition) is 3. The lowest BCUT2D eigenvalue weighted by Crippen LogP contribution is -2.28. The monoisotopic (exact) mass is 430 g/mol. The van der Waals surface area contributed by atoms with Crippen LogP contribution in [0, 0.1) is 12.8 Å². The van der Waals surface area contributed by atoms with Gasteiger partial charge in [0.1, 0.15) is 5.75 Å². The molecule has 0 spiro atoms. The van der Waals surface area contributed by atoms with Crippen molar-refractivity contribution in [1.82, 2.24) is 0 Å². The molecule has 0 aromatic heterocycles. The number of hydrogen-bond donors (Lipinski definition) is 1. The van der Waals surface area contributed by atoms with E-state index in [4.69, 9.17) is 4.74 Å². The second-order valence-corrected chi connectivity index (χ2v) is 7.89. The summed E-state index contributed by atoms with van der Waals surface area (Å²) in [6.07, 6.45) is 0.304. The summed E-state index contributed by atoms with van der Waals surface area (Å²) in [6.45, 7) is 6.29. The average molecular weight is 431 g/mol. The second kappa shape index (κ2) is 8.13. The Labute approximate surface area is 167 Å². The first-order valence-corrected chi connectivity index (χ1v) is 9.77. The molecule has 27 heavy (non-hydrogen) atoms. The molecule has 1 aliphatic rings. The molecule has 1 fully saturated rings. The molecular weight excluding hydrogens is 408 g/mol. The van der Waals surface area contributed by atoms with Crippen LogP contribution in [0.25, 0.3) is 0 Å². The van der Waals surface area contributed by atoms with E-state index in [1.165, 1.54) is 0 Å². The van der Waals surface area contributed by atoms with E-state index in [1.54, 1.807) is 4.90 Å². The molecule has 1 heterocycles. The topological polar surface area (TPSA) is 58.6 Å². The third-order valence-electron chi connectivity index (χ3n) is 4.40. The smallest absolute Gasteiger partial charge is 0.229 e. The Kier molecular flexibility index (Phi) is 5.85. The van der Waals surface area contributed by atoms with Gasteiger partial charge in [0.15, 0.2) is 0 Å². The molecule has 2 aromatic rings. The Morgan fingerprint density at radius 3 is 2.56 bits per heavy atom.